The highest BCUT2D eigenvalue weighted by atomic mass is 16.4. The second kappa shape index (κ2) is 9.99. The third-order valence-electron chi connectivity index (χ3n) is 4.40. The summed E-state index contributed by atoms with van der Waals surface area (Å²) in [4.78, 5) is 21.5. The van der Waals surface area contributed by atoms with Crippen molar-refractivity contribution in [1.82, 2.24) is 0 Å². The predicted molar refractivity (Wildman–Crippen MR) is 91.8 cm³/mol. The van der Waals surface area contributed by atoms with Crippen molar-refractivity contribution in [2.45, 2.75) is 91.3 Å². The Morgan fingerprint density at radius 1 is 0.708 bits per heavy atom. The first-order valence-electron chi connectivity index (χ1n) is 8.63. The highest BCUT2D eigenvalue weighted by Gasteiger charge is 2.24. The van der Waals surface area contributed by atoms with Crippen LogP contribution in [0.2, 0.25) is 0 Å². The molecule has 0 aromatic carbocycles. The zero-order valence-electron chi connectivity index (χ0n) is 15.4. The third kappa shape index (κ3) is 12.3. The van der Waals surface area contributed by atoms with Crippen LogP contribution >= 0.6 is 0 Å². The molecular weight excluding hydrogens is 312 g/mol. The quantitative estimate of drug-likeness (QED) is 0.407. The SMILES string of the molecule is CC(C)(CCC(O)CCC(O)CCC(C)(C)CC(=O)O)CC(=O)O. The van der Waals surface area contributed by atoms with E-state index in [0.29, 0.717) is 38.5 Å². The Bertz CT molecular complexity index is 364. The lowest BCUT2D eigenvalue weighted by Gasteiger charge is -2.25. The second-order valence-electron chi connectivity index (χ2n) is 8.43. The van der Waals surface area contributed by atoms with E-state index in [1.807, 2.05) is 27.7 Å². The molecule has 0 bridgehead atoms. The molecule has 142 valence electrons. The lowest BCUT2D eigenvalue weighted by atomic mass is 9.82. The summed E-state index contributed by atoms with van der Waals surface area (Å²) < 4.78 is 0. The van der Waals surface area contributed by atoms with E-state index in [9.17, 15) is 19.8 Å². The van der Waals surface area contributed by atoms with Crippen LogP contribution in [0.3, 0.4) is 0 Å². The molecule has 6 nitrogen and oxygen atoms in total. The van der Waals surface area contributed by atoms with Crippen molar-refractivity contribution < 1.29 is 30.0 Å². The van der Waals surface area contributed by atoms with Crippen molar-refractivity contribution in [2.75, 3.05) is 0 Å². The Hall–Kier alpha value is -1.14. The molecule has 0 aliphatic carbocycles. The Kier molecular flexibility index (Phi) is 9.51. The number of aliphatic hydroxyl groups is 2. The molecule has 0 aliphatic heterocycles. The average molecular weight is 346 g/mol. The van der Waals surface area contributed by atoms with Crippen molar-refractivity contribution in [3.05, 3.63) is 0 Å². The van der Waals surface area contributed by atoms with Crippen LogP contribution in [0, 0.1) is 10.8 Å². The lowest BCUT2D eigenvalue weighted by Crippen LogP contribution is -2.22. The van der Waals surface area contributed by atoms with E-state index in [2.05, 4.69) is 0 Å². The third-order valence-corrected chi connectivity index (χ3v) is 4.40. The summed E-state index contributed by atoms with van der Waals surface area (Å²) in [5.74, 6) is -1.68. The van der Waals surface area contributed by atoms with E-state index in [1.165, 1.54) is 0 Å². The monoisotopic (exact) mass is 346 g/mol. The summed E-state index contributed by atoms with van der Waals surface area (Å²) >= 11 is 0. The number of aliphatic carboxylic acids is 2. The van der Waals surface area contributed by atoms with Gasteiger partial charge in [-0.3, -0.25) is 9.59 Å². The van der Waals surface area contributed by atoms with Gasteiger partial charge in [-0.2, -0.15) is 0 Å². The number of rotatable bonds is 13. The van der Waals surface area contributed by atoms with E-state index in [-0.39, 0.29) is 23.7 Å². The molecule has 0 amide bonds. The number of hydrogen-bond donors (Lipinski definition) is 4. The Morgan fingerprint density at radius 3 is 1.25 bits per heavy atom. The molecule has 0 aromatic rings. The van der Waals surface area contributed by atoms with Gasteiger partial charge in [0.05, 0.1) is 25.0 Å². The van der Waals surface area contributed by atoms with Gasteiger partial charge in [0, 0.05) is 0 Å². The van der Waals surface area contributed by atoms with Gasteiger partial charge in [-0.25, -0.2) is 0 Å². The maximum atomic E-state index is 10.8. The van der Waals surface area contributed by atoms with Crippen LogP contribution in [0.1, 0.15) is 79.1 Å². The average Bonchev–Trinajstić information content (AvgIpc) is 2.38. The number of carboxylic acids is 2. The first kappa shape index (κ1) is 22.9. The molecule has 0 heterocycles. The van der Waals surface area contributed by atoms with E-state index in [1.54, 1.807) is 0 Å². The summed E-state index contributed by atoms with van der Waals surface area (Å²) in [5.41, 5.74) is -0.710. The molecule has 0 radical (unpaired) electrons. The fourth-order valence-electron chi connectivity index (χ4n) is 2.78. The van der Waals surface area contributed by atoms with Gasteiger partial charge in [0.15, 0.2) is 0 Å². The zero-order chi connectivity index (χ0) is 19.0. The summed E-state index contributed by atoms with van der Waals surface area (Å²) in [6.45, 7) is 7.47. The summed E-state index contributed by atoms with van der Waals surface area (Å²) in [6.07, 6.45) is 2.20. The fourth-order valence-corrected chi connectivity index (χ4v) is 2.78. The molecule has 4 N–H and O–H groups in total. The molecule has 0 saturated heterocycles. The van der Waals surface area contributed by atoms with Gasteiger partial charge in [-0.15, -0.1) is 0 Å². The van der Waals surface area contributed by atoms with Crippen LogP contribution in [-0.4, -0.2) is 44.6 Å². The molecule has 2 atom stereocenters. The maximum absolute atomic E-state index is 10.8. The van der Waals surface area contributed by atoms with E-state index < -0.39 is 24.1 Å². The summed E-state index contributed by atoms with van der Waals surface area (Å²) in [7, 11) is 0. The summed E-state index contributed by atoms with van der Waals surface area (Å²) in [6, 6.07) is 0. The minimum absolute atomic E-state index is 0.0704. The van der Waals surface area contributed by atoms with Crippen molar-refractivity contribution >= 4 is 11.9 Å². The molecule has 0 aromatic heterocycles. The molecular formula is C18H34O6. The van der Waals surface area contributed by atoms with Gasteiger partial charge < -0.3 is 20.4 Å². The Labute approximate surface area is 144 Å². The minimum atomic E-state index is -0.839. The lowest BCUT2D eigenvalue weighted by molar-refractivity contribution is -0.140. The maximum Gasteiger partial charge on any atom is 0.303 e. The fraction of sp³-hybridized carbons (Fsp3) is 0.889. The van der Waals surface area contributed by atoms with Gasteiger partial charge in [-0.05, 0) is 49.4 Å². The van der Waals surface area contributed by atoms with Gasteiger partial charge in [-0.1, -0.05) is 27.7 Å². The smallest absolute Gasteiger partial charge is 0.303 e. The Balaban J connectivity index is 4.03. The van der Waals surface area contributed by atoms with Crippen molar-refractivity contribution in [2.24, 2.45) is 10.8 Å². The molecule has 0 spiro atoms. The second-order valence-corrected chi connectivity index (χ2v) is 8.43. The molecule has 24 heavy (non-hydrogen) atoms. The minimum Gasteiger partial charge on any atom is -0.481 e. The largest absolute Gasteiger partial charge is 0.481 e. The van der Waals surface area contributed by atoms with Crippen LogP contribution in [0.4, 0.5) is 0 Å². The van der Waals surface area contributed by atoms with Gasteiger partial charge in [0.25, 0.3) is 0 Å². The van der Waals surface area contributed by atoms with Crippen molar-refractivity contribution in [1.29, 1.82) is 0 Å². The van der Waals surface area contributed by atoms with Crippen LogP contribution in [0.5, 0.6) is 0 Å². The van der Waals surface area contributed by atoms with E-state index in [4.69, 9.17) is 10.2 Å². The topological polar surface area (TPSA) is 115 Å². The van der Waals surface area contributed by atoms with Gasteiger partial charge in [0.1, 0.15) is 0 Å². The van der Waals surface area contributed by atoms with Crippen LogP contribution in [-0.2, 0) is 9.59 Å². The summed E-state index contributed by atoms with van der Waals surface area (Å²) in [5, 5.41) is 37.7. The molecule has 0 fully saturated rings. The van der Waals surface area contributed by atoms with Crippen LogP contribution in [0.25, 0.3) is 0 Å². The standard InChI is InChI=1S/C18H34O6/c1-17(2,11-15(21)22)9-7-13(19)5-6-14(20)8-10-18(3,4)12-16(23)24/h13-14,19-20H,5-12H2,1-4H3,(H,21,22)(H,23,24). The van der Waals surface area contributed by atoms with E-state index in [0.717, 1.165) is 0 Å². The van der Waals surface area contributed by atoms with Gasteiger partial charge >= 0.3 is 11.9 Å². The number of carboxylic acid groups (broad SMARTS) is 2. The highest BCUT2D eigenvalue weighted by molar-refractivity contribution is 5.67. The Morgan fingerprint density at radius 2 is 1.00 bits per heavy atom. The van der Waals surface area contributed by atoms with E-state index >= 15 is 0 Å². The van der Waals surface area contributed by atoms with Crippen LogP contribution < -0.4 is 0 Å². The normalized spacial score (nSPS) is 15.1. The molecule has 0 rings (SSSR count). The number of aliphatic hydroxyl groups excluding tert-OH is 2. The molecule has 2 unspecified atom stereocenters. The van der Waals surface area contributed by atoms with Gasteiger partial charge in [0.2, 0.25) is 0 Å². The first-order valence-corrected chi connectivity index (χ1v) is 8.63. The molecule has 0 saturated carbocycles. The highest BCUT2D eigenvalue weighted by Crippen LogP contribution is 2.29. The van der Waals surface area contributed by atoms with Crippen molar-refractivity contribution in [3.63, 3.8) is 0 Å². The predicted octanol–water partition coefficient (Wildman–Crippen LogP) is 3.05. The number of carbonyl (C=O) groups is 2. The zero-order valence-corrected chi connectivity index (χ0v) is 15.4. The first-order chi connectivity index (χ1) is 10.8. The number of hydrogen-bond acceptors (Lipinski definition) is 4. The van der Waals surface area contributed by atoms with Crippen molar-refractivity contribution in [3.8, 4) is 0 Å². The van der Waals surface area contributed by atoms with Crippen LogP contribution in [0.15, 0.2) is 0 Å². The molecule has 6 heteroatoms. The molecule has 0 aliphatic rings.